The molecule has 1 aromatic rings. The van der Waals surface area contributed by atoms with Crippen LogP contribution in [0.25, 0.3) is 0 Å². The average Bonchev–Trinajstić information content (AvgIpc) is 2.68. The second-order valence-corrected chi connectivity index (χ2v) is 4.91. The first-order valence-electron chi connectivity index (χ1n) is 6.03. The van der Waals surface area contributed by atoms with Crippen LogP contribution in [0.2, 0.25) is 0 Å². The SMILES string of the molecule is NCC1CCN2c3cccc(F)c3CC2C1. The molecule has 2 N–H and O–H groups in total. The van der Waals surface area contributed by atoms with Gasteiger partial charge in [0, 0.05) is 23.8 Å². The Morgan fingerprint density at radius 3 is 3.12 bits per heavy atom. The van der Waals surface area contributed by atoms with E-state index in [-0.39, 0.29) is 5.82 Å². The van der Waals surface area contributed by atoms with Crippen molar-refractivity contribution >= 4 is 5.69 Å². The van der Waals surface area contributed by atoms with Gasteiger partial charge in [-0.15, -0.1) is 0 Å². The summed E-state index contributed by atoms with van der Waals surface area (Å²) in [5.74, 6) is 0.579. The number of nitrogens with zero attached hydrogens (tertiary/aromatic N) is 1. The van der Waals surface area contributed by atoms with Crippen LogP contribution in [0.4, 0.5) is 10.1 Å². The molecule has 0 bridgehead atoms. The third-order valence-corrected chi connectivity index (χ3v) is 4.00. The van der Waals surface area contributed by atoms with Crippen molar-refractivity contribution in [2.75, 3.05) is 18.0 Å². The molecule has 0 radical (unpaired) electrons. The van der Waals surface area contributed by atoms with Crippen LogP contribution >= 0.6 is 0 Å². The molecule has 0 spiro atoms. The van der Waals surface area contributed by atoms with E-state index in [1.54, 1.807) is 6.07 Å². The first kappa shape index (κ1) is 10.1. The monoisotopic (exact) mass is 220 g/mol. The van der Waals surface area contributed by atoms with Gasteiger partial charge < -0.3 is 10.6 Å². The maximum absolute atomic E-state index is 13.7. The van der Waals surface area contributed by atoms with Crippen LogP contribution in [0.1, 0.15) is 18.4 Å². The van der Waals surface area contributed by atoms with Crippen LogP contribution in [0, 0.1) is 11.7 Å². The fourth-order valence-electron chi connectivity index (χ4n) is 3.11. The van der Waals surface area contributed by atoms with E-state index in [1.165, 1.54) is 0 Å². The second-order valence-electron chi connectivity index (χ2n) is 4.91. The van der Waals surface area contributed by atoms with E-state index >= 15 is 0 Å². The van der Waals surface area contributed by atoms with Gasteiger partial charge in [-0.25, -0.2) is 4.39 Å². The molecule has 2 nitrogen and oxygen atoms in total. The van der Waals surface area contributed by atoms with Crippen molar-refractivity contribution < 1.29 is 4.39 Å². The fraction of sp³-hybridized carbons (Fsp3) is 0.538. The van der Waals surface area contributed by atoms with Gasteiger partial charge in [0.2, 0.25) is 0 Å². The van der Waals surface area contributed by atoms with Crippen molar-refractivity contribution in [1.29, 1.82) is 0 Å². The van der Waals surface area contributed by atoms with Crippen LogP contribution < -0.4 is 10.6 Å². The normalized spacial score (nSPS) is 27.8. The molecule has 1 aromatic carbocycles. The molecular formula is C13H17FN2. The van der Waals surface area contributed by atoms with E-state index in [2.05, 4.69) is 4.90 Å². The van der Waals surface area contributed by atoms with Crippen LogP contribution in [0.15, 0.2) is 18.2 Å². The van der Waals surface area contributed by atoms with Crippen molar-refractivity contribution in [3.05, 3.63) is 29.6 Å². The van der Waals surface area contributed by atoms with E-state index in [1.807, 2.05) is 12.1 Å². The molecule has 2 atom stereocenters. The number of nitrogens with two attached hydrogens (primary N) is 1. The molecule has 86 valence electrons. The predicted octanol–water partition coefficient (Wildman–Crippen LogP) is 1.93. The van der Waals surface area contributed by atoms with Crippen molar-refractivity contribution in [3.63, 3.8) is 0 Å². The molecule has 2 heterocycles. The van der Waals surface area contributed by atoms with Crippen LogP contribution in [-0.4, -0.2) is 19.1 Å². The number of hydrogen-bond acceptors (Lipinski definition) is 2. The topological polar surface area (TPSA) is 29.3 Å². The lowest BCUT2D eigenvalue weighted by Crippen LogP contribution is -2.41. The summed E-state index contributed by atoms with van der Waals surface area (Å²) < 4.78 is 13.7. The lowest BCUT2D eigenvalue weighted by atomic mass is 9.91. The summed E-state index contributed by atoms with van der Waals surface area (Å²) in [5.41, 5.74) is 7.75. The van der Waals surface area contributed by atoms with Gasteiger partial charge in [-0.05, 0) is 43.9 Å². The van der Waals surface area contributed by atoms with E-state index in [0.717, 1.165) is 43.6 Å². The van der Waals surface area contributed by atoms with Gasteiger partial charge in [-0.2, -0.15) is 0 Å². The zero-order valence-corrected chi connectivity index (χ0v) is 9.32. The van der Waals surface area contributed by atoms with Crippen molar-refractivity contribution in [3.8, 4) is 0 Å². The molecule has 3 heteroatoms. The Bertz CT molecular complexity index is 405. The van der Waals surface area contributed by atoms with E-state index in [0.29, 0.717) is 12.0 Å². The quantitative estimate of drug-likeness (QED) is 0.783. The van der Waals surface area contributed by atoms with Gasteiger partial charge in [0.1, 0.15) is 5.82 Å². The van der Waals surface area contributed by atoms with Gasteiger partial charge >= 0.3 is 0 Å². The first-order chi connectivity index (χ1) is 7.79. The highest BCUT2D eigenvalue weighted by molar-refractivity contribution is 5.60. The number of anilines is 1. The zero-order chi connectivity index (χ0) is 11.1. The van der Waals surface area contributed by atoms with Crippen LogP contribution in [0.5, 0.6) is 0 Å². The van der Waals surface area contributed by atoms with Crippen LogP contribution in [-0.2, 0) is 6.42 Å². The molecule has 0 saturated carbocycles. The van der Waals surface area contributed by atoms with Crippen molar-refractivity contribution in [1.82, 2.24) is 0 Å². The molecule has 0 aliphatic carbocycles. The lowest BCUT2D eigenvalue weighted by molar-refractivity contribution is 0.356. The smallest absolute Gasteiger partial charge is 0.128 e. The standard InChI is InChI=1S/C13H17FN2/c14-12-2-1-3-13-11(12)7-10-6-9(8-15)4-5-16(10)13/h1-3,9-10H,4-8,15H2. The number of halogens is 1. The summed E-state index contributed by atoms with van der Waals surface area (Å²) in [6.07, 6.45) is 3.12. The Morgan fingerprint density at radius 1 is 1.44 bits per heavy atom. The first-order valence-corrected chi connectivity index (χ1v) is 6.03. The number of hydrogen-bond donors (Lipinski definition) is 1. The summed E-state index contributed by atoms with van der Waals surface area (Å²) in [5, 5.41) is 0. The minimum absolute atomic E-state index is 0.0452. The molecule has 0 amide bonds. The van der Waals surface area contributed by atoms with Gasteiger partial charge in [-0.1, -0.05) is 6.07 Å². The summed E-state index contributed by atoms with van der Waals surface area (Å²) in [4.78, 5) is 2.37. The van der Waals surface area contributed by atoms with Gasteiger partial charge in [0.05, 0.1) is 0 Å². The molecule has 2 aliphatic rings. The highest BCUT2D eigenvalue weighted by Gasteiger charge is 2.35. The van der Waals surface area contributed by atoms with E-state index in [9.17, 15) is 4.39 Å². The number of rotatable bonds is 1. The number of piperidine rings is 1. The predicted molar refractivity (Wildman–Crippen MR) is 63.0 cm³/mol. The third-order valence-electron chi connectivity index (χ3n) is 4.00. The maximum Gasteiger partial charge on any atom is 0.128 e. The molecule has 3 rings (SSSR count). The maximum atomic E-state index is 13.7. The highest BCUT2D eigenvalue weighted by atomic mass is 19.1. The Morgan fingerprint density at radius 2 is 2.31 bits per heavy atom. The Hall–Kier alpha value is -1.09. The summed E-state index contributed by atoms with van der Waals surface area (Å²) >= 11 is 0. The average molecular weight is 220 g/mol. The molecule has 2 unspecified atom stereocenters. The van der Waals surface area contributed by atoms with Crippen LogP contribution in [0.3, 0.4) is 0 Å². The zero-order valence-electron chi connectivity index (χ0n) is 9.32. The summed E-state index contributed by atoms with van der Waals surface area (Å²) in [6.45, 7) is 1.80. The Balaban J connectivity index is 1.90. The number of benzene rings is 1. The molecule has 1 saturated heterocycles. The fourth-order valence-corrected chi connectivity index (χ4v) is 3.11. The minimum atomic E-state index is -0.0452. The van der Waals surface area contributed by atoms with Crippen molar-refractivity contribution in [2.24, 2.45) is 11.7 Å². The van der Waals surface area contributed by atoms with E-state index in [4.69, 9.17) is 5.73 Å². The van der Waals surface area contributed by atoms with E-state index < -0.39 is 0 Å². The second kappa shape index (κ2) is 3.74. The largest absolute Gasteiger partial charge is 0.368 e. The molecule has 1 fully saturated rings. The summed E-state index contributed by atoms with van der Waals surface area (Å²) in [6, 6.07) is 5.90. The van der Waals surface area contributed by atoms with Gasteiger partial charge in [0.15, 0.2) is 0 Å². The molecule has 2 aliphatic heterocycles. The Kier molecular flexibility index (Phi) is 2.36. The summed E-state index contributed by atoms with van der Waals surface area (Å²) in [7, 11) is 0. The molecular weight excluding hydrogens is 203 g/mol. The Labute approximate surface area is 95.2 Å². The van der Waals surface area contributed by atoms with Gasteiger partial charge in [0.25, 0.3) is 0 Å². The minimum Gasteiger partial charge on any atom is -0.368 e. The third kappa shape index (κ3) is 1.42. The molecule has 16 heavy (non-hydrogen) atoms. The van der Waals surface area contributed by atoms with Crippen molar-refractivity contribution in [2.45, 2.75) is 25.3 Å². The molecule has 0 aromatic heterocycles. The van der Waals surface area contributed by atoms with Gasteiger partial charge in [-0.3, -0.25) is 0 Å². The highest BCUT2D eigenvalue weighted by Crippen LogP contribution is 2.39. The number of fused-ring (bicyclic) bond motifs is 3. The lowest BCUT2D eigenvalue weighted by Gasteiger charge is -2.36.